The van der Waals surface area contributed by atoms with Crippen molar-refractivity contribution >= 4 is 23.2 Å². The summed E-state index contributed by atoms with van der Waals surface area (Å²) < 4.78 is 11.7. The molecule has 0 aromatic heterocycles. The van der Waals surface area contributed by atoms with Gasteiger partial charge in [0.05, 0.1) is 23.6 Å². The van der Waals surface area contributed by atoms with Crippen molar-refractivity contribution in [2.24, 2.45) is 5.92 Å². The average Bonchev–Trinajstić information content (AvgIpc) is 3.28. The van der Waals surface area contributed by atoms with Crippen LogP contribution in [0.1, 0.15) is 46.5 Å². The lowest BCUT2D eigenvalue weighted by Crippen LogP contribution is -2.42. The molecule has 3 heterocycles. The molecule has 6 heteroatoms. The molecule has 0 bridgehead atoms. The fourth-order valence-corrected chi connectivity index (χ4v) is 4.53. The third-order valence-electron chi connectivity index (χ3n) is 6.00. The van der Waals surface area contributed by atoms with Gasteiger partial charge < -0.3 is 19.3 Å². The maximum absolute atomic E-state index is 13.3. The van der Waals surface area contributed by atoms with E-state index in [2.05, 4.69) is 6.92 Å². The van der Waals surface area contributed by atoms with E-state index in [4.69, 9.17) is 9.47 Å². The minimum Gasteiger partial charge on any atom is -0.365 e. The molecular formula is C22H30N2O4. The quantitative estimate of drug-likeness (QED) is 0.784. The summed E-state index contributed by atoms with van der Waals surface area (Å²) in [5.74, 6) is 0.158. The number of rotatable bonds is 2. The smallest absolute Gasteiger partial charge is 0.256 e. The van der Waals surface area contributed by atoms with Gasteiger partial charge in [-0.3, -0.25) is 9.59 Å². The second kappa shape index (κ2) is 7.84. The van der Waals surface area contributed by atoms with Crippen molar-refractivity contribution in [1.82, 2.24) is 0 Å². The number of carbonyl (C=O) groups excluding carboxylic acids is 2. The van der Waals surface area contributed by atoms with Crippen LogP contribution in [0, 0.1) is 5.92 Å². The van der Waals surface area contributed by atoms with E-state index < -0.39 is 12.2 Å². The minimum atomic E-state index is -0.392. The number of benzene rings is 1. The van der Waals surface area contributed by atoms with Crippen molar-refractivity contribution in [3.05, 3.63) is 24.3 Å². The lowest BCUT2D eigenvalue weighted by atomic mass is 10.1. The summed E-state index contributed by atoms with van der Waals surface area (Å²) in [5, 5.41) is 0. The first kappa shape index (κ1) is 19.4. The van der Waals surface area contributed by atoms with Crippen LogP contribution in [-0.4, -0.2) is 49.3 Å². The lowest BCUT2D eigenvalue weighted by molar-refractivity contribution is -0.129. The summed E-state index contributed by atoms with van der Waals surface area (Å²) in [5.41, 5.74) is 1.58. The van der Waals surface area contributed by atoms with Gasteiger partial charge in [0.25, 0.3) is 11.8 Å². The predicted octanol–water partition coefficient (Wildman–Crippen LogP) is 3.14. The molecule has 0 saturated carbocycles. The van der Waals surface area contributed by atoms with E-state index in [0.717, 1.165) is 37.1 Å². The van der Waals surface area contributed by atoms with E-state index >= 15 is 0 Å². The van der Waals surface area contributed by atoms with Crippen LogP contribution in [0.15, 0.2) is 24.3 Å². The maximum Gasteiger partial charge on any atom is 0.256 e. The summed E-state index contributed by atoms with van der Waals surface area (Å²) in [6.07, 6.45) is 2.77. The first-order valence-corrected chi connectivity index (χ1v) is 10.5. The van der Waals surface area contributed by atoms with E-state index in [1.165, 1.54) is 0 Å². The molecule has 1 unspecified atom stereocenters. The van der Waals surface area contributed by atoms with Crippen LogP contribution in [0.3, 0.4) is 0 Å². The third kappa shape index (κ3) is 3.67. The summed E-state index contributed by atoms with van der Waals surface area (Å²) in [6, 6.07) is 7.71. The van der Waals surface area contributed by atoms with E-state index in [-0.39, 0.29) is 29.9 Å². The molecule has 0 radical (unpaired) electrons. The summed E-state index contributed by atoms with van der Waals surface area (Å²) >= 11 is 0. The van der Waals surface area contributed by atoms with Gasteiger partial charge in [0, 0.05) is 13.1 Å². The van der Waals surface area contributed by atoms with Gasteiger partial charge in [0.1, 0.15) is 12.2 Å². The highest BCUT2D eigenvalue weighted by molar-refractivity contribution is 6.05. The average molecular weight is 386 g/mol. The Kier molecular flexibility index (Phi) is 5.43. The minimum absolute atomic E-state index is 0.00341. The van der Waals surface area contributed by atoms with E-state index in [0.29, 0.717) is 13.1 Å². The van der Waals surface area contributed by atoms with Crippen LogP contribution >= 0.6 is 0 Å². The molecule has 0 spiro atoms. The fraction of sp³-hybridized carbons (Fsp3) is 0.636. The Hall–Kier alpha value is -1.92. The molecule has 2 amide bonds. The number of amides is 2. The zero-order valence-electron chi connectivity index (χ0n) is 17.0. The Labute approximate surface area is 166 Å². The van der Waals surface area contributed by atoms with Crippen LogP contribution in [-0.2, 0) is 19.1 Å². The molecule has 5 atom stereocenters. The van der Waals surface area contributed by atoms with Crippen LogP contribution in [0.5, 0.6) is 0 Å². The number of hydrogen-bond acceptors (Lipinski definition) is 4. The van der Waals surface area contributed by atoms with Crippen LogP contribution < -0.4 is 9.80 Å². The van der Waals surface area contributed by atoms with Gasteiger partial charge >= 0.3 is 0 Å². The van der Waals surface area contributed by atoms with Gasteiger partial charge in [-0.2, -0.15) is 0 Å². The molecule has 3 aliphatic heterocycles. The fourth-order valence-electron chi connectivity index (χ4n) is 4.53. The summed E-state index contributed by atoms with van der Waals surface area (Å²) in [4.78, 5) is 30.2. The third-order valence-corrected chi connectivity index (χ3v) is 6.00. The molecule has 152 valence electrons. The molecule has 1 aromatic carbocycles. The number of fused-ring (bicyclic) bond motifs is 1. The molecular weight excluding hydrogens is 356 g/mol. The normalized spacial score (nSPS) is 32.9. The molecule has 0 aliphatic carbocycles. The molecule has 0 N–H and O–H groups in total. The van der Waals surface area contributed by atoms with Crippen molar-refractivity contribution in [3.8, 4) is 0 Å². The number of nitrogens with zero attached hydrogens (tertiary/aromatic N) is 2. The highest BCUT2D eigenvalue weighted by atomic mass is 16.5. The predicted molar refractivity (Wildman–Crippen MR) is 107 cm³/mol. The SMILES string of the molecule is CC1CN(C(=O)[C@@H]2CC[C@H](C)O2)c2ccccc2N(C(=O)[C@H]2CC[C@H](C)O2)C1. The Morgan fingerprint density at radius 3 is 1.57 bits per heavy atom. The van der Waals surface area contributed by atoms with E-state index in [1.54, 1.807) is 0 Å². The zero-order valence-corrected chi connectivity index (χ0v) is 17.0. The monoisotopic (exact) mass is 386 g/mol. The Balaban J connectivity index is 1.65. The standard InChI is InChI=1S/C22H30N2O4/c1-14-12-23(21(25)19-10-8-15(2)27-19)17-6-4-5-7-18(17)24(13-14)22(26)20-11-9-16(3)28-20/h4-7,14-16,19-20H,8-13H2,1-3H3/t14?,15-,16-,19-,20+/m0/s1. The van der Waals surface area contributed by atoms with Crippen LogP contribution in [0.4, 0.5) is 11.4 Å². The van der Waals surface area contributed by atoms with Crippen LogP contribution in [0.25, 0.3) is 0 Å². The number of ether oxygens (including phenoxy) is 2. The van der Waals surface area contributed by atoms with Gasteiger partial charge in [0.15, 0.2) is 0 Å². The molecule has 2 fully saturated rings. The zero-order chi connectivity index (χ0) is 19.8. The van der Waals surface area contributed by atoms with E-state index in [1.807, 2.05) is 47.9 Å². The first-order valence-electron chi connectivity index (χ1n) is 10.5. The van der Waals surface area contributed by atoms with Crippen molar-refractivity contribution in [2.45, 2.75) is 70.9 Å². The Bertz CT molecular complexity index is 691. The highest BCUT2D eigenvalue weighted by Crippen LogP contribution is 2.36. The van der Waals surface area contributed by atoms with Gasteiger partial charge in [-0.05, 0) is 57.6 Å². The number of para-hydroxylation sites is 2. The van der Waals surface area contributed by atoms with Gasteiger partial charge in [-0.15, -0.1) is 0 Å². The Morgan fingerprint density at radius 1 is 0.786 bits per heavy atom. The van der Waals surface area contributed by atoms with Crippen molar-refractivity contribution in [2.75, 3.05) is 22.9 Å². The summed E-state index contributed by atoms with van der Waals surface area (Å²) in [6.45, 7) is 7.26. The number of anilines is 2. The van der Waals surface area contributed by atoms with Gasteiger partial charge in [0.2, 0.25) is 0 Å². The molecule has 3 aliphatic rings. The molecule has 1 aromatic rings. The molecule has 28 heavy (non-hydrogen) atoms. The molecule has 2 saturated heterocycles. The molecule has 4 rings (SSSR count). The first-order chi connectivity index (χ1) is 13.4. The largest absolute Gasteiger partial charge is 0.365 e. The Morgan fingerprint density at radius 2 is 1.21 bits per heavy atom. The molecule has 6 nitrogen and oxygen atoms in total. The highest BCUT2D eigenvalue weighted by Gasteiger charge is 2.39. The van der Waals surface area contributed by atoms with Gasteiger partial charge in [-0.1, -0.05) is 19.1 Å². The second-order valence-electron chi connectivity index (χ2n) is 8.52. The van der Waals surface area contributed by atoms with Crippen molar-refractivity contribution < 1.29 is 19.1 Å². The van der Waals surface area contributed by atoms with Crippen molar-refractivity contribution in [1.29, 1.82) is 0 Å². The van der Waals surface area contributed by atoms with Crippen LogP contribution in [0.2, 0.25) is 0 Å². The number of carbonyl (C=O) groups is 2. The summed E-state index contributed by atoms with van der Waals surface area (Å²) in [7, 11) is 0. The van der Waals surface area contributed by atoms with Gasteiger partial charge in [-0.25, -0.2) is 0 Å². The topological polar surface area (TPSA) is 59.1 Å². The van der Waals surface area contributed by atoms with E-state index in [9.17, 15) is 9.59 Å². The maximum atomic E-state index is 13.3. The second-order valence-corrected chi connectivity index (χ2v) is 8.52. The van der Waals surface area contributed by atoms with Crippen molar-refractivity contribution in [3.63, 3.8) is 0 Å². The number of hydrogen-bond donors (Lipinski definition) is 0. The lowest BCUT2D eigenvalue weighted by Gasteiger charge is -2.28.